The average Bonchev–Trinajstić information content (AvgIpc) is 3.17. The van der Waals surface area contributed by atoms with Gasteiger partial charge in [-0.05, 0) is 47.5 Å². The Morgan fingerprint density at radius 2 is 1.73 bits per heavy atom. The van der Waals surface area contributed by atoms with Crippen molar-refractivity contribution in [2.45, 2.75) is 12.6 Å². The van der Waals surface area contributed by atoms with Gasteiger partial charge in [-0.1, -0.05) is 18.2 Å². The molecule has 1 N–H and O–H groups in total. The molecule has 1 amide bonds. The first kappa shape index (κ1) is 19.6. The number of hydrogen-bond acceptors (Lipinski definition) is 3. The van der Waals surface area contributed by atoms with E-state index < -0.39 is 11.7 Å². The minimum absolute atomic E-state index is 0.264. The number of amides is 1. The molecule has 0 atom stereocenters. The van der Waals surface area contributed by atoms with Crippen LogP contribution in [0.25, 0.3) is 16.8 Å². The zero-order valence-electron chi connectivity index (χ0n) is 15.7. The summed E-state index contributed by atoms with van der Waals surface area (Å²) in [6, 6.07) is 14.0. The fourth-order valence-corrected chi connectivity index (χ4v) is 3.06. The van der Waals surface area contributed by atoms with E-state index in [1.54, 1.807) is 35.1 Å². The van der Waals surface area contributed by atoms with Crippen molar-refractivity contribution < 1.29 is 18.0 Å². The molecule has 3 heterocycles. The minimum Gasteiger partial charge on any atom is -0.350 e. The number of rotatable bonds is 5. The molecule has 0 saturated carbocycles. The molecule has 8 heteroatoms. The van der Waals surface area contributed by atoms with E-state index in [0.29, 0.717) is 24.2 Å². The highest BCUT2D eigenvalue weighted by atomic mass is 19.4. The summed E-state index contributed by atoms with van der Waals surface area (Å²) in [7, 11) is 0. The smallest absolute Gasteiger partial charge is 0.350 e. The first-order valence-electron chi connectivity index (χ1n) is 9.25. The van der Waals surface area contributed by atoms with Gasteiger partial charge in [0, 0.05) is 37.3 Å². The van der Waals surface area contributed by atoms with Gasteiger partial charge in [0.05, 0.1) is 5.56 Å². The van der Waals surface area contributed by atoms with Gasteiger partial charge in [0.25, 0.3) is 5.91 Å². The van der Waals surface area contributed by atoms with Gasteiger partial charge in [-0.3, -0.25) is 9.78 Å². The Labute approximate surface area is 170 Å². The van der Waals surface area contributed by atoms with Crippen LogP contribution in [0.3, 0.4) is 0 Å². The number of alkyl halides is 3. The van der Waals surface area contributed by atoms with E-state index in [2.05, 4.69) is 15.3 Å². The fourth-order valence-electron chi connectivity index (χ4n) is 3.06. The zero-order chi connectivity index (χ0) is 21.1. The number of pyridine rings is 2. The monoisotopic (exact) mass is 410 g/mol. The predicted molar refractivity (Wildman–Crippen MR) is 106 cm³/mol. The number of halogens is 3. The summed E-state index contributed by atoms with van der Waals surface area (Å²) >= 11 is 0. The number of benzene rings is 1. The second kappa shape index (κ2) is 7.98. The molecule has 1 aromatic carbocycles. The molecule has 0 aliphatic carbocycles. The van der Waals surface area contributed by atoms with Crippen molar-refractivity contribution in [2.75, 3.05) is 6.54 Å². The molecule has 0 spiro atoms. The number of carbonyl (C=O) groups excluding carboxylic acids is 1. The van der Waals surface area contributed by atoms with Crippen molar-refractivity contribution in [1.29, 1.82) is 0 Å². The maximum Gasteiger partial charge on any atom is 0.416 e. The molecular weight excluding hydrogens is 393 g/mol. The number of fused-ring (bicyclic) bond motifs is 1. The Balaban J connectivity index is 1.47. The van der Waals surface area contributed by atoms with Gasteiger partial charge in [0.2, 0.25) is 0 Å². The molecule has 3 aromatic heterocycles. The summed E-state index contributed by atoms with van der Waals surface area (Å²) in [6.07, 6.45) is 1.27. The molecule has 5 nitrogen and oxygen atoms in total. The standard InChI is InChI=1S/C22H17F3N4O/c23-22(24,25)17-7-4-15(5-8-17)16-6-9-20-28-19(14-29(20)13-16)21(30)27-12-10-18-3-1-2-11-26-18/h1-9,11,13-14H,10,12H2,(H,27,30). The normalized spacial score (nSPS) is 11.6. The van der Waals surface area contributed by atoms with Crippen LogP contribution in [-0.4, -0.2) is 26.8 Å². The molecule has 0 radical (unpaired) electrons. The summed E-state index contributed by atoms with van der Waals surface area (Å²) < 4.78 is 39.9. The second-order valence-electron chi connectivity index (χ2n) is 6.71. The van der Waals surface area contributed by atoms with Gasteiger partial charge in [0.1, 0.15) is 11.3 Å². The number of nitrogens with zero attached hydrogens (tertiary/aromatic N) is 3. The number of aromatic nitrogens is 3. The Hall–Kier alpha value is -3.68. The van der Waals surface area contributed by atoms with Gasteiger partial charge < -0.3 is 9.72 Å². The molecule has 0 aliphatic heterocycles. The van der Waals surface area contributed by atoms with Crippen LogP contribution in [0.4, 0.5) is 13.2 Å². The number of imidazole rings is 1. The third-order valence-corrected chi connectivity index (χ3v) is 4.62. The molecule has 152 valence electrons. The topological polar surface area (TPSA) is 59.3 Å². The molecule has 0 unspecified atom stereocenters. The van der Waals surface area contributed by atoms with Crippen LogP contribution < -0.4 is 5.32 Å². The lowest BCUT2D eigenvalue weighted by atomic mass is 10.1. The summed E-state index contributed by atoms with van der Waals surface area (Å²) in [4.78, 5) is 20.9. The molecular formula is C22H17F3N4O. The Morgan fingerprint density at radius 1 is 0.967 bits per heavy atom. The lowest BCUT2D eigenvalue weighted by Crippen LogP contribution is -2.26. The zero-order valence-corrected chi connectivity index (χ0v) is 15.7. The van der Waals surface area contributed by atoms with Crippen LogP contribution >= 0.6 is 0 Å². The van der Waals surface area contributed by atoms with Crippen molar-refractivity contribution in [2.24, 2.45) is 0 Å². The number of carbonyl (C=O) groups is 1. The van der Waals surface area contributed by atoms with Crippen molar-refractivity contribution in [1.82, 2.24) is 19.7 Å². The van der Waals surface area contributed by atoms with Crippen LogP contribution in [0.2, 0.25) is 0 Å². The van der Waals surface area contributed by atoms with Crippen LogP contribution in [0.15, 0.2) is 73.2 Å². The van der Waals surface area contributed by atoms with Gasteiger partial charge in [-0.2, -0.15) is 13.2 Å². The summed E-state index contributed by atoms with van der Waals surface area (Å²) in [5.74, 6) is -0.300. The van der Waals surface area contributed by atoms with E-state index in [0.717, 1.165) is 23.4 Å². The van der Waals surface area contributed by atoms with E-state index in [-0.39, 0.29) is 11.6 Å². The summed E-state index contributed by atoms with van der Waals surface area (Å²) in [5.41, 5.74) is 2.38. The third-order valence-electron chi connectivity index (χ3n) is 4.62. The van der Waals surface area contributed by atoms with Crippen LogP contribution in [-0.2, 0) is 12.6 Å². The maximum atomic E-state index is 12.7. The van der Waals surface area contributed by atoms with E-state index in [1.165, 1.54) is 12.1 Å². The van der Waals surface area contributed by atoms with E-state index in [4.69, 9.17) is 0 Å². The van der Waals surface area contributed by atoms with Crippen LogP contribution in [0.1, 0.15) is 21.7 Å². The highest BCUT2D eigenvalue weighted by Gasteiger charge is 2.29. The lowest BCUT2D eigenvalue weighted by molar-refractivity contribution is -0.137. The van der Waals surface area contributed by atoms with E-state index >= 15 is 0 Å². The second-order valence-corrected chi connectivity index (χ2v) is 6.71. The highest BCUT2D eigenvalue weighted by Crippen LogP contribution is 2.31. The van der Waals surface area contributed by atoms with Gasteiger partial charge in [-0.15, -0.1) is 0 Å². The first-order chi connectivity index (χ1) is 14.4. The van der Waals surface area contributed by atoms with Crippen molar-refractivity contribution >= 4 is 11.6 Å². The predicted octanol–water partition coefficient (Wildman–Crippen LogP) is 4.39. The van der Waals surface area contributed by atoms with Crippen LogP contribution in [0.5, 0.6) is 0 Å². The molecule has 0 fully saturated rings. The number of nitrogens with one attached hydrogen (secondary N) is 1. The first-order valence-corrected chi connectivity index (χ1v) is 9.25. The van der Waals surface area contributed by atoms with Crippen molar-refractivity contribution in [3.63, 3.8) is 0 Å². The van der Waals surface area contributed by atoms with E-state index in [9.17, 15) is 18.0 Å². The van der Waals surface area contributed by atoms with Gasteiger partial charge in [0.15, 0.2) is 0 Å². The summed E-state index contributed by atoms with van der Waals surface area (Å²) in [5, 5.41) is 2.81. The quantitative estimate of drug-likeness (QED) is 0.531. The van der Waals surface area contributed by atoms with Gasteiger partial charge >= 0.3 is 6.18 Å². The largest absolute Gasteiger partial charge is 0.416 e. The van der Waals surface area contributed by atoms with E-state index in [1.807, 2.05) is 18.2 Å². The number of hydrogen-bond donors (Lipinski definition) is 1. The molecule has 0 saturated heterocycles. The lowest BCUT2D eigenvalue weighted by Gasteiger charge is -2.08. The molecule has 0 aliphatic rings. The van der Waals surface area contributed by atoms with Crippen LogP contribution in [0, 0.1) is 0 Å². The Bertz CT molecular complexity index is 1170. The maximum absolute atomic E-state index is 12.7. The summed E-state index contributed by atoms with van der Waals surface area (Å²) in [6.45, 7) is 0.431. The molecule has 4 rings (SSSR count). The highest BCUT2D eigenvalue weighted by molar-refractivity contribution is 5.92. The molecule has 4 aromatic rings. The third kappa shape index (κ3) is 4.32. The minimum atomic E-state index is -4.37. The SMILES string of the molecule is O=C(NCCc1ccccn1)c1cn2cc(-c3ccc(C(F)(F)F)cc3)ccc2n1. The van der Waals surface area contributed by atoms with Gasteiger partial charge in [-0.25, -0.2) is 4.98 Å². The van der Waals surface area contributed by atoms with Crippen molar-refractivity contribution in [3.05, 3.63) is 90.1 Å². The Morgan fingerprint density at radius 3 is 2.43 bits per heavy atom. The average molecular weight is 410 g/mol. The molecule has 30 heavy (non-hydrogen) atoms. The molecule has 0 bridgehead atoms. The van der Waals surface area contributed by atoms with Crippen molar-refractivity contribution in [3.8, 4) is 11.1 Å². The fraction of sp³-hybridized carbons (Fsp3) is 0.136. The Kier molecular flexibility index (Phi) is 5.22.